The highest BCUT2D eigenvalue weighted by molar-refractivity contribution is 7.17. The number of ether oxygens (including phenoxy) is 2. The van der Waals surface area contributed by atoms with E-state index in [1.165, 1.54) is 11.3 Å². The largest absolute Gasteiger partial charge is 0.486 e. The van der Waals surface area contributed by atoms with Gasteiger partial charge in [-0.1, -0.05) is 12.1 Å². The first kappa shape index (κ1) is 14.3. The number of thiophene rings is 1. The van der Waals surface area contributed by atoms with E-state index >= 15 is 0 Å². The maximum absolute atomic E-state index is 12.7. The minimum Gasteiger partial charge on any atom is -0.486 e. The lowest BCUT2D eigenvalue weighted by Gasteiger charge is -2.31. The van der Waals surface area contributed by atoms with Crippen molar-refractivity contribution < 1.29 is 9.47 Å². The summed E-state index contributed by atoms with van der Waals surface area (Å²) < 4.78 is 14.1. The maximum atomic E-state index is 12.7. The summed E-state index contributed by atoms with van der Waals surface area (Å²) >= 11 is 1.44. The second-order valence-electron chi connectivity index (χ2n) is 5.71. The quantitative estimate of drug-likeness (QED) is 0.725. The third kappa shape index (κ3) is 2.30. The van der Waals surface area contributed by atoms with Crippen LogP contribution < -0.4 is 15.0 Å². The molecule has 3 heterocycles. The fourth-order valence-electron chi connectivity index (χ4n) is 2.78. The minimum absolute atomic E-state index is 0.0249. The zero-order chi connectivity index (χ0) is 16.0. The van der Waals surface area contributed by atoms with Crippen LogP contribution in [-0.2, 0) is 0 Å². The van der Waals surface area contributed by atoms with Gasteiger partial charge >= 0.3 is 0 Å². The Morgan fingerprint density at radius 2 is 2.13 bits per heavy atom. The van der Waals surface area contributed by atoms with Crippen molar-refractivity contribution >= 4 is 21.6 Å². The normalized spacial score (nSPS) is 18.1. The van der Waals surface area contributed by atoms with E-state index in [9.17, 15) is 4.79 Å². The molecule has 4 rings (SSSR count). The Morgan fingerprint density at radius 1 is 1.35 bits per heavy atom. The van der Waals surface area contributed by atoms with Gasteiger partial charge in [0.25, 0.3) is 5.56 Å². The molecule has 0 amide bonds. The summed E-state index contributed by atoms with van der Waals surface area (Å²) in [6.07, 6.45) is 1.38. The lowest BCUT2D eigenvalue weighted by Crippen LogP contribution is -2.39. The highest BCUT2D eigenvalue weighted by Crippen LogP contribution is 2.33. The van der Waals surface area contributed by atoms with E-state index in [1.54, 1.807) is 10.9 Å². The molecule has 1 aliphatic rings. The second kappa shape index (κ2) is 5.38. The molecule has 2 atom stereocenters. The first-order chi connectivity index (χ1) is 11.1. The first-order valence-electron chi connectivity index (χ1n) is 7.48. The van der Waals surface area contributed by atoms with Crippen LogP contribution in [0.25, 0.3) is 10.2 Å². The summed E-state index contributed by atoms with van der Waals surface area (Å²) in [5, 5.41) is 1.96. The molecule has 1 aliphatic heterocycles. The number of fused-ring (bicyclic) bond motifs is 2. The number of aromatic nitrogens is 2. The molecule has 0 radical (unpaired) electrons. The van der Waals surface area contributed by atoms with Crippen LogP contribution in [0.5, 0.6) is 11.5 Å². The van der Waals surface area contributed by atoms with Gasteiger partial charge in [-0.15, -0.1) is 11.3 Å². The first-order valence-corrected chi connectivity index (χ1v) is 8.36. The Kier molecular flexibility index (Phi) is 3.34. The molecule has 6 heteroatoms. The van der Waals surface area contributed by atoms with E-state index in [0.717, 1.165) is 16.8 Å². The third-order valence-corrected chi connectivity index (χ3v) is 5.26. The number of rotatable bonds is 2. The van der Waals surface area contributed by atoms with Crippen molar-refractivity contribution in [1.29, 1.82) is 0 Å². The molecule has 0 bridgehead atoms. The topological polar surface area (TPSA) is 53.4 Å². The number of para-hydroxylation sites is 2. The van der Waals surface area contributed by atoms with Gasteiger partial charge in [0.05, 0.1) is 17.9 Å². The van der Waals surface area contributed by atoms with Gasteiger partial charge in [0.1, 0.15) is 11.3 Å². The van der Waals surface area contributed by atoms with E-state index < -0.39 is 0 Å². The van der Waals surface area contributed by atoms with Crippen LogP contribution in [0.4, 0.5) is 0 Å². The van der Waals surface area contributed by atoms with Crippen LogP contribution in [0.2, 0.25) is 0 Å². The summed E-state index contributed by atoms with van der Waals surface area (Å²) in [6, 6.07) is 7.40. The molecule has 2 unspecified atom stereocenters. The smallest absolute Gasteiger partial charge is 0.271 e. The van der Waals surface area contributed by atoms with Crippen molar-refractivity contribution in [2.75, 3.05) is 6.61 Å². The van der Waals surface area contributed by atoms with Gasteiger partial charge in [-0.05, 0) is 36.9 Å². The van der Waals surface area contributed by atoms with E-state index in [2.05, 4.69) is 4.98 Å². The number of benzene rings is 1. The molecule has 0 N–H and O–H groups in total. The van der Waals surface area contributed by atoms with Crippen LogP contribution in [-0.4, -0.2) is 22.3 Å². The molecule has 0 saturated carbocycles. The molecular weight excluding hydrogens is 312 g/mol. The van der Waals surface area contributed by atoms with E-state index in [1.807, 2.05) is 43.5 Å². The molecule has 0 spiro atoms. The van der Waals surface area contributed by atoms with Crippen molar-refractivity contribution in [3.63, 3.8) is 0 Å². The SMILES string of the molecule is Cc1csc2c(=O)n(C(C)C3COc4ccccc4O3)cnc12. The Hall–Kier alpha value is -2.34. The molecular formula is C17H16N2O3S. The monoisotopic (exact) mass is 328 g/mol. The van der Waals surface area contributed by atoms with Gasteiger partial charge in [0.2, 0.25) is 0 Å². The minimum atomic E-state index is -0.233. The van der Waals surface area contributed by atoms with Crippen LogP contribution in [0.3, 0.4) is 0 Å². The van der Waals surface area contributed by atoms with Crippen molar-refractivity contribution in [1.82, 2.24) is 9.55 Å². The van der Waals surface area contributed by atoms with Crippen LogP contribution in [0, 0.1) is 6.92 Å². The van der Waals surface area contributed by atoms with Crippen molar-refractivity contribution in [3.05, 3.63) is 51.9 Å². The highest BCUT2D eigenvalue weighted by Gasteiger charge is 2.28. The van der Waals surface area contributed by atoms with Gasteiger partial charge in [-0.3, -0.25) is 9.36 Å². The summed E-state index contributed by atoms with van der Waals surface area (Å²) in [5.41, 5.74) is 1.80. The number of hydrogen-bond donors (Lipinski definition) is 0. The second-order valence-corrected chi connectivity index (χ2v) is 6.59. The standard InChI is InChI=1S/C17H16N2O3S/c1-10-8-23-16-15(10)18-9-19(17(16)20)11(2)14-7-21-12-5-3-4-6-13(12)22-14/h3-6,8-9,11,14H,7H2,1-2H3. The van der Waals surface area contributed by atoms with E-state index in [-0.39, 0.29) is 17.7 Å². The van der Waals surface area contributed by atoms with Gasteiger partial charge in [0.15, 0.2) is 17.6 Å². The summed E-state index contributed by atoms with van der Waals surface area (Å²) in [5.74, 6) is 1.45. The molecule has 0 saturated heterocycles. The molecule has 23 heavy (non-hydrogen) atoms. The third-order valence-electron chi connectivity index (χ3n) is 4.19. The molecule has 0 fully saturated rings. The van der Waals surface area contributed by atoms with Crippen molar-refractivity contribution in [2.45, 2.75) is 26.0 Å². The zero-order valence-corrected chi connectivity index (χ0v) is 13.7. The molecule has 0 aliphatic carbocycles. The fourth-order valence-corrected chi connectivity index (χ4v) is 3.72. The predicted molar refractivity (Wildman–Crippen MR) is 89.7 cm³/mol. The summed E-state index contributed by atoms with van der Waals surface area (Å²) in [7, 11) is 0. The Bertz CT molecular complexity index is 931. The lowest BCUT2D eigenvalue weighted by molar-refractivity contribution is 0.0559. The average molecular weight is 328 g/mol. The Balaban J connectivity index is 1.69. The van der Waals surface area contributed by atoms with Crippen molar-refractivity contribution in [3.8, 4) is 11.5 Å². The van der Waals surface area contributed by atoms with E-state index in [0.29, 0.717) is 17.1 Å². The molecule has 5 nitrogen and oxygen atoms in total. The maximum Gasteiger partial charge on any atom is 0.271 e. The van der Waals surface area contributed by atoms with Gasteiger partial charge in [0, 0.05) is 0 Å². The van der Waals surface area contributed by atoms with Gasteiger partial charge in [-0.25, -0.2) is 4.98 Å². The summed E-state index contributed by atoms with van der Waals surface area (Å²) in [6.45, 7) is 4.33. The van der Waals surface area contributed by atoms with Gasteiger partial charge < -0.3 is 9.47 Å². The molecule has 118 valence electrons. The molecule has 2 aromatic heterocycles. The lowest BCUT2D eigenvalue weighted by atomic mass is 10.1. The summed E-state index contributed by atoms with van der Waals surface area (Å²) in [4.78, 5) is 17.1. The van der Waals surface area contributed by atoms with Crippen LogP contribution in [0.1, 0.15) is 18.5 Å². The van der Waals surface area contributed by atoms with Crippen LogP contribution >= 0.6 is 11.3 Å². The zero-order valence-electron chi connectivity index (χ0n) is 12.9. The highest BCUT2D eigenvalue weighted by atomic mass is 32.1. The molecule has 1 aromatic carbocycles. The van der Waals surface area contributed by atoms with Crippen molar-refractivity contribution in [2.24, 2.45) is 0 Å². The van der Waals surface area contributed by atoms with Gasteiger partial charge in [-0.2, -0.15) is 0 Å². The van der Waals surface area contributed by atoms with Crippen LogP contribution in [0.15, 0.2) is 40.8 Å². The predicted octanol–water partition coefficient (Wildman–Crippen LogP) is 3.17. The van der Waals surface area contributed by atoms with E-state index in [4.69, 9.17) is 9.47 Å². The Morgan fingerprint density at radius 3 is 2.96 bits per heavy atom. The fraction of sp³-hybridized carbons (Fsp3) is 0.294. The average Bonchev–Trinajstić information content (AvgIpc) is 2.96. The number of nitrogens with zero attached hydrogens (tertiary/aromatic N) is 2. The number of aryl methyl sites for hydroxylation is 1. The molecule has 3 aromatic rings. The number of hydrogen-bond acceptors (Lipinski definition) is 5. The Labute approximate surface area is 137 Å².